The molecule has 0 aromatic heterocycles. The Hall–Kier alpha value is -1.06. The largest absolute Gasteiger partial charge is 0.343 e. The summed E-state index contributed by atoms with van der Waals surface area (Å²) in [5, 5.41) is 2.77. The second-order valence-electron chi connectivity index (χ2n) is 4.36. The molecular weight excluding hydrogens is 204 g/mol. The Morgan fingerprint density at radius 3 is 2.25 bits per heavy atom. The summed E-state index contributed by atoms with van der Waals surface area (Å²) in [7, 11) is 0. The van der Waals surface area contributed by atoms with E-state index in [9.17, 15) is 9.59 Å². The van der Waals surface area contributed by atoms with Crippen LogP contribution in [0.4, 0.5) is 0 Å². The van der Waals surface area contributed by atoms with Crippen LogP contribution in [0.5, 0.6) is 0 Å². The van der Waals surface area contributed by atoms with Gasteiger partial charge in [-0.25, -0.2) is 0 Å². The van der Waals surface area contributed by atoms with Gasteiger partial charge in [0, 0.05) is 6.04 Å². The fraction of sp³-hybridized carbons (Fsp3) is 0.833. The summed E-state index contributed by atoms with van der Waals surface area (Å²) < 4.78 is 0. The summed E-state index contributed by atoms with van der Waals surface area (Å²) in [5.74, 6) is 0.0432. The molecule has 0 bridgehead atoms. The van der Waals surface area contributed by atoms with E-state index in [2.05, 4.69) is 19.2 Å². The zero-order valence-corrected chi connectivity index (χ0v) is 10.6. The van der Waals surface area contributed by atoms with Crippen molar-refractivity contribution >= 4 is 11.8 Å². The van der Waals surface area contributed by atoms with Crippen LogP contribution in [0.2, 0.25) is 0 Å². The van der Waals surface area contributed by atoms with Gasteiger partial charge in [-0.1, -0.05) is 20.8 Å². The number of carbonyl (C=O) groups is 2. The molecule has 2 unspecified atom stereocenters. The monoisotopic (exact) mass is 226 g/mol. The summed E-state index contributed by atoms with van der Waals surface area (Å²) in [4.78, 5) is 25.7. The lowest BCUT2D eigenvalue weighted by Gasteiger charge is -2.41. The first-order valence-corrected chi connectivity index (χ1v) is 6.19. The standard InChI is InChI=1S/C12H22N2O2/c1-5-9(6-2)14-8(4)11(15)13-10(7-3)12(14)16/h8-10H,5-7H2,1-4H3,(H,13,15). The Morgan fingerprint density at radius 2 is 1.81 bits per heavy atom. The van der Waals surface area contributed by atoms with Crippen LogP contribution in [-0.4, -0.2) is 34.8 Å². The van der Waals surface area contributed by atoms with Crippen LogP contribution in [0, 0.1) is 0 Å². The number of amides is 2. The Morgan fingerprint density at radius 1 is 1.25 bits per heavy atom. The molecule has 2 amide bonds. The van der Waals surface area contributed by atoms with E-state index in [0.717, 1.165) is 12.8 Å². The topological polar surface area (TPSA) is 49.4 Å². The molecule has 4 nitrogen and oxygen atoms in total. The second kappa shape index (κ2) is 5.32. The van der Waals surface area contributed by atoms with Crippen molar-refractivity contribution in [3.63, 3.8) is 0 Å². The highest BCUT2D eigenvalue weighted by Gasteiger charge is 2.39. The smallest absolute Gasteiger partial charge is 0.246 e. The van der Waals surface area contributed by atoms with Crippen LogP contribution in [-0.2, 0) is 9.59 Å². The molecule has 1 heterocycles. The minimum atomic E-state index is -0.333. The summed E-state index contributed by atoms with van der Waals surface area (Å²) in [6.45, 7) is 7.84. The van der Waals surface area contributed by atoms with Crippen molar-refractivity contribution in [2.75, 3.05) is 0 Å². The number of nitrogens with zero attached hydrogens (tertiary/aromatic N) is 1. The Balaban J connectivity index is 2.93. The third-order valence-electron chi connectivity index (χ3n) is 3.41. The number of piperazine rings is 1. The highest BCUT2D eigenvalue weighted by Crippen LogP contribution is 2.19. The molecule has 0 saturated carbocycles. The molecule has 1 rings (SSSR count). The number of carbonyl (C=O) groups excluding carboxylic acids is 2. The van der Waals surface area contributed by atoms with Crippen molar-refractivity contribution in [2.24, 2.45) is 0 Å². The number of hydrogen-bond donors (Lipinski definition) is 1. The minimum absolute atomic E-state index is 0.0293. The molecule has 1 aliphatic heterocycles. The van der Waals surface area contributed by atoms with Crippen LogP contribution < -0.4 is 5.32 Å². The normalized spacial score (nSPS) is 26.2. The van der Waals surface area contributed by atoms with Crippen LogP contribution in [0.1, 0.15) is 47.0 Å². The van der Waals surface area contributed by atoms with Gasteiger partial charge in [0.2, 0.25) is 11.8 Å². The first-order valence-electron chi connectivity index (χ1n) is 6.19. The van der Waals surface area contributed by atoms with Crippen molar-refractivity contribution < 1.29 is 9.59 Å². The zero-order chi connectivity index (χ0) is 12.3. The van der Waals surface area contributed by atoms with E-state index >= 15 is 0 Å². The van der Waals surface area contributed by atoms with Gasteiger partial charge in [0.1, 0.15) is 12.1 Å². The average Bonchev–Trinajstić information content (AvgIpc) is 2.29. The molecular formula is C12H22N2O2. The Labute approximate surface area is 97.4 Å². The van der Waals surface area contributed by atoms with Gasteiger partial charge in [0.05, 0.1) is 0 Å². The highest BCUT2D eigenvalue weighted by atomic mass is 16.2. The lowest BCUT2D eigenvalue weighted by Crippen LogP contribution is -2.64. The van der Waals surface area contributed by atoms with Crippen LogP contribution in [0.25, 0.3) is 0 Å². The van der Waals surface area contributed by atoms with Crippen LogP contribution in [0.15, 0.2) is 0 Å². The molecule has 16 heavy (non-hydrogen) atoms. The van der Waals surface area contributed by atoms with E-state index in [1.807, 2.05) is 6.92 Å². The van der Waals surface area contributed by atoms with Gasteiger partial charge in [-0.2, -0.15) is 0 Å². The molecule has 1 saturated heterocycles. The first kappa shape index (κ1) is 13.0. The second-order valence-corrected chi connectivity index (χ2v) is 4.36. The van der Waals surface area contributed by atoms with Crippen LogP contribution in [0.3, 0.4) is 0 Å². The maximum atomic E-state index is 12.2. The summed E-state index contributed by atoms with van der Waals surface area (Å²) in [5.41, 5.74) is 0. The molecule has 0 aliphatic carbocycles. The third-order valence-corrected chi connectivity index (χ3v) is 3.41. The SMILES string of the molecule is CCC1NC(=O)C(C)N(C(CC)CC)C1=O. The molecule has 2 atom stereocenters. The van der Waals surface area contributed by atoms with Gasteiger partial charge in [-0.3, -0.25) is 9.59 Å². The van der Waals surface area contributed by atoms with Crippen molar-refractivity contribution in [3.8, 4) is 0 Å². The van der Waals surface area contributed by atoms with Crippen molar-refractivity contribution in [1.29, 1.82) is 0 Å². The van der Waals surface area contributed by atoms with Gasteiger partial charge in [-0.05, 0) is 26.2 Å². The molecule has 0 radical (unpaired) electrons. The lowest BCUT2D eigenvalue weighted by molar-refractivity contribution is -0.151. The number of hydrogen-bond acceptors (Lipinski definition) is 2. The predicted molar refractivity (Wildman–Crippen MR) is 62.9 cm³/mol. The van der Waals surface area contributed by atoms with Crippen molar-refractivity contribution in [3.05, 3.63) is 0 Å². The van der Waals surface area contributed by atoms with E-state index in [1.165, 1.54) is 0 Å². The fourth-order valence-corrected chi connectivity index (χ4v) is 2.31. The average molecular weight is 226 g/mol. The first-order chi connectivity index (χ1) is 7.56. The summed E-state index contributed by atoms with van der Waals surface area (Å²) in [6.07, 6.45) is 2.46. The lowest BCUT2D eigenvalue weighted by atomic mass is 10.0. The van der Waals surface area contributed by atoms with E-state index in [4.69, 9.17) is 0 Å². The van der Waals surface area contributed by atoms with E-state index in [-0.39, 0.29) is 29.9 Å². The van der Waals surface area contributed by atoms with E-state index < -0.39 is 0 Å². The maximum absolute atomic E-state index is 12.2. The molecule has 0 spiro atoms. The number of rotatable bonds is 4. The summed E-state index contributed by atoms with van der Waals surface area (Å²) >= 11 is 0. The maximum Gasteiger partial charge on any atom is 0.246 e. The molecule has 1 fully saturated rings. The third kappa shape index (κ3) is 2.20. The Kier molecular flexibility index (Phi) is 4.33. The molecule has 92 valence electrons. The van der Waals surface area contributed by atoms with Crippen molar-refractivity contribution in [1.82, 2.24) is 10.2 Å². The van der Waals surface area contributed by atoms with Crippen LogP contribution >= 0.6 is 0 Å². The van der Waals surface area contributed by atoms with E-state index in [1.54, 1.807) is 11.8 Å². The Bertz CT molecular complexity index is 274. The minimum Gasteiger partial charge on any atom is -0.343 e. The zero-order valence-electron chi connectivity index (χ0n) is 10.6. The fourth-order valence-electron chi connectivity index (χ4n) is 2.31. The molecule has 1 aliphatic rings. The molecule has 0 aromatic rings. The van der Waals surface area contributed by atoms with Gasteiger partial charge in [0.15, 0.2) is 0 Å². The van der Waals surface area contributed by atoms with Gasteiger partial charge in [-0.15, -0.1) is 0 Å². The molecule has 4 heteroatoms. The van der Waals surface area contributed by atoms with E-state index in [0.29, 0.717) is 6.42 Å². The van der Waals surface area contributed by atoms with Crippen molar-refractivity contribution in [2.45, 2.75) is 65.1 Å². The highest BCUT2D eigenvalue weighted by molar-refractivity contribution is 5.96. The van der Waals surface area contributed by atoms with Gasteiger partial charge >= 0.3 is 0 Å². The molecule has 1 N–H and O–H groups in total. The predicted octanol–water partition coefficient (Wildman–Crippen LogP) is 1.30. The van der Waals surface area contributed by atoms with Gasteiger partial charge < -0.3 is 10.2 Å². The quantitative estimate of drug-likeness (QED) is 0.785. The molecule has 0 aromatic carbocycles. The van der Waals surface area contributed by atoms with Gasteiger partial charge in [0.25, 0.3) is 0 Å². The number of nitrogens with one attached hydrogen (secondary N) is 1. The summed E-state index contributed by atoms with van der Waals surface area (Å²) in [6, 6.07) is -0.480.